The Bertz CT molecular complexity index is 465. The van der Waals surface area contributed by atoms with Gasteiger partial charge in [-0.25, -0.2) is 0 Å². The zero-order valence-electron chi connectivity index (χ0n) is 12.5. The average Bonchev–Trinajstić information content (AvgIpc) is 2.99. The van der Waals surface area contributed by atoms with Crippen LogP contribution in [0.5, 0.6) is 0 Å². The van der Waals surface area contributed by atoms with E-state index in [2.05, 4.69) is 16.0 Å². The molecule has 1 aliphatic rings. The minimum Gasteiger partial charge on any atom is -0.459 e. The fourth-order valence-electron chi connectivity index (χ4n) is 2.41. The van der Waals surface area contributed by atoms with Crippen LogP contribution in [-0.2, 0) is 4.79 Å². The third-order valence-corrected chi connectivity index (χ3v) is 3.67. The molecule has 6 nitrogen and oxygen atoms in total. The number of carbonyl (C=O) groups is 2. The summed E-state index contributed by atoms with van der Waals surface area (Å²) in [6.07, 6.45) is 3.28. The lowest BCUT2D eigenvalue weighted by atomic mass is 10.0. The molecule has 1 aromatic rings. The summed E-state index contributed by atoms with van der Waals surface area (Å²) in [5, 5.41) is 9.03. The number of hydrogen-bond acceptors (Lipinski definition) is 4. The molecular formula is C15H23N3O3. The van der Waals surface area contributed by atoms with Gasteiger partial charge in [0.05, 0.1) is 6.26 Å². The predicted molar refractivity (Wildman–Crippen MR) is 78.8 cm³/mol. The van der Waals surface area contributed by atoms with E-state index in [0.717, 1.165) is 25.9 Å². The van der Waals surface area contributed by atoms with Gasteiger partial charge in [0.1, 0.15) is 6.04 Å². The van der Waals surface area contributed by atoms with Gasteiger partial charge in [-0.1, -0.05) is 13.8 Å². The lowest BCUT2D eigenvalue weighted by Crippen LogP contribution is -2.53. The van der Waals surface area contributed by atoms with Crippen molar-refractivity contribution in [2.24, 2.45) is 5.92 Å². The van der Waals surface area contributed by atoms with Crippen molar-refractivity contribution in [3.8, 4) is 0 Å². The minimum atomic E-state index is -0.558. The standard InChI is InChI=1S/C15H23N3O3/c1-10(2)13(18-14(19)12-4-3-9-21-12)15(20)17-11-5-7-16-8-6-11/h3-4,9-11,13,16H,5-8H2,1-2H3,(H,17,20)(H,18,19). The van der Waals surface area contributed by atoms with Crippen LogP contribution in [0.3, 0.4) is 0 Å². The molecule has 0 radical (unpaired) electrons. The van der Waals surface area contributed by atoms with Crippen molar-refractivity contribution in [2.45, 2.75) is 38.8 Å². The highest BCUT2D eigenvalue weighted by Crippen LogP contribution is 2.08. The van der Waals surface area contributed by atoms with Crippen molar-refractivity contribution in [1.82, 2.24) is 16.0 Å². The van der Waals surface area contributed by atoms with Crippen molar-refractivity contribution < 1.29 is 14.0 Å². The second kappa shape index (κ2) is 7.26. The smallest absolute Gasteiger partial charge is 0.287 e. The quantitative estimate of drug-likeness (QED) is 0.753. The summed E-state index contributed by atoms with van der Waals surface area (Å²) in [5.41, 5.74) is 0. The number of amides is 2. The topological polar surface area (TPSA) is 83.4 Å². The molecule has 21 heavy (non-hydrogen) atoms. The molecule has 1 atom stereocenters. The van der Waals surface area contributed by atoms with E-state index in [1.165, 1.54) is 6.26 Å². The van der Waals surface area contributed by atoms with Gasteiger partial charge in [0.25, 0.3) is 5.91 Å². The molecule has 0 bridgehead atoms. The second-order valence-electron chi connectivity index (χ2n) is 5.71. The van der Waals surface area contributed by atoms with E-state index in [1.807, 2.05) is 13.8 Å². The van der Waals surface area contributed by atoms with Crippen molar-refractivity contribution in [3.05, 3.63) is 24.2 Å². The van der Waals surface area contributed by atoms with E-state index < -0.39 is 6.04 Å². The van der Waals surface area contributed by atoms with Gasteiger partial charge in [0.2, 0.25) is 5.91 Å². The molecule has 1 aliphatic heterocycles. The Labute approximate surface area is 124 Å². The first kappa shape index (κ1) is 15.6. The summed E-state index contributed by atoms with van der Waals surface area (Å²) in [4.78, 5) is 24.4. The molecule has 2 amide bonds. The Morgan fingerprint density at radius 1 is 1.33 bits per heavy atom. The van der Waals surface area contributed by atoms with Gasteiger partial charge < -0.3 is 20.4 Å². The van der Waals surface area contributed by atoms with E-state index in [-0.39, 0.29) is 29.5 Å². The second-order valence-corrected chi connectivity index (χ2v) is 5.71. The average molecular weight is 293 g/mol. The number of carbonyl (C=O) groups excluding carboxylic acids is 2. The summed E-state index contributed by atoms with van der Waals surface area (Å²) in [6, 6.07) is 2.85. The molecule has 6 heteroatoms. The summed E-state index contributed by atoms with van der Waals surface area (Å²) in [7, 11) is 0. The van der Waals surface area contributed by atoms with Crippen LogP contribution in [0.25, 0.3) is 0 Å². The molecule has 1 saturated heterocycles. The van der Waals surface area contributed by atoms with Gasteiger partial charge in [-0.3, -0.25) is 9.59 Å². The monoisotopic (exact) mass is 293 g/mol. The Kier molecular flexibility index (Phi) is 5.38. The first-order valence-electron chi connectivity index (χ1n) is 7.43. The van der Waals surface area contributed by atoms with Crippen molar-refractivity contribution in [3.63, 3.8) is 0 Å². The van der Waals surface area contributed by atoms with Crippen molar-refractivity contribution in [1.29, 1.82) is 0 Å². The maximum Gasteiger partial charge on any atom is 0.287 e. The largest absolute Gasteiger partial charge is 0.459 e. The van der Waals surface area contributed by atoms with Crippen LogP contribution in [0.1, 0.15) is 37.2 Å². The highest BCUT2D eigenvalue weighted by atomic mass is 16.3. The molecule has 0 aromatic carbocycles. The van der Waals surface area contributed by atoms with Crippen LogP contribution < -0.4 is 16.0 Å². The highest BCUT2D eigenvalue weighted by molar-refractivity contribution is 5.95. The molecule has 0 saturated carbocycles. The van der Waals surface area contributed by atoms with Gasteiger partial charge >= 0.3 is 0 Å². The maximum absolute atomic E-state index is 12.4. The summed E-state index contributed by atoms with van der Waals surface area (Å²) < 4.78 is 5.05. The fraction of sp³-hybridized carbons (Fsp3) is 0.600. The van der Waals surface area contributed by atoms with E-state index in [0.29, 0.717) is 0 Å². The van der Waals surface area contributed by atoms with Crippen LogP contribution in [0.2, 0.25) is 0 Å². The summed E-state index contributed by atoms with van der Waals surface area (Å²) in [5.74, 6) is -0.267. The first-order valence-corrected chi connectivity index (χ1v) is 7.43. The Morgan fingerprint density at radius 2 is 2.05 bits per heavy atom. The molecule has 0 aliphatic carbocycles. The number of piperidine rings is 1. The van der Waals surface area contributed by atoms with Crippen molar-refractivity contribution >= 4 is 11.8 Å². The van der Waals surface area contributed by atoms with E-state index in [1.54, 1.807) is 12.1 Å². The lowest BCUT2D eigenvalue weighted by molar-refractivity contribution is -0.124. The summed E-state index contributed by atoms with van der Waals surface area (Å²) >= 11 is 0. The number of furan rings is 1. The van der Waals surface area contributed by atoms with Crippen LogP contribution in [-0.4, -0.2) is 37.0 Å². The molecule has 1 fully saturated rings. The van der Waals surface area contributed by atoms with Gasteiger partial charge in [-0.15, -0.1) is 0 Å². The van der Waals surface area contributed by atoms with Gasteiger partial charge in [0, 0.05) is 6.04 Å². The van der Waals surface area contributed by atoms with E-state index in [4.69, 9.17) is 4.42 Å². The van der Waals surface area contributed by atoms with E-state index in [9.17, 15) is 9.59 Å². The van der Waals surface area contributed by atoms with E-state index >= 15 is 0 Å². The molecule has 1 aromatic heterocycles. The maximum atomic E-state index is 12.4. The Morgan fingerprint density at radius 3 is 2.62 bits per heavy atom. The molecule has 1 unspecified atom stereocenters. The zero-order valence-corrected chi connectivity index (χ0v) is 12.5. The van der Waals surface area contributed by atoms with Crippen LogP contribution >= 0.6 is 0 Å². The zero-order chi connectivity index (χ0) is 15.2. The van der Waals surface area contributed by atoms with Crippen LogP contribution in [0.4, 0.5) is 0 Å². The summed E-state index contributed by atoms with van der Waals surface area (Å²) in [6.45, 7) is 5.65. The van der Waals surface area contributed by atoms with Crippen LogP contribution in [0.15, 0.2) is 22.8 Å². The molecule has 2 heterocycles. The minimum absolute atomic E-state index is 0.00521. The number of hydrogen-bond donors (Lipinski definition) is 3. The Hall–Kier alpha value is -1.82. The number of rotatable bonds is 5. The molecule has 116 valence electrons. The third-order valence-electron chi connectivity index (χ3n) is 3.67. The molecule has 0 spiro atoms. The molecule has 2 rings (SSSR count). The number of nitrogens with one attached hydrogen (secondary N) is 3. The highest BCUT2D eigenvalue weighted by Gasteiger charge is 2.27. The van der Waals surface area contributed by atoms with Gasteiger partial charge in [0.15, 0.2) is 5.76 Å². The fourth-order valence-corrected chi connectivity index (χ4v) is 2.41. The third kappa shape index (κ3) is 4.32. The normalized spacial score (nSPS) is 17.5. The van der Waals surface area contributed by atoms with Gasteiger partial charge in [-0.05, 0) is 44.0 Å². The lowest BCUT2D eigenvalue weighted by Gasteiger charge is -2.27. The molecule has 3 N–H and O–H groups in total. The Balaban J connectivity index is 1.94. The SMILES string of the molecule is CC(C)C(NC(=O)c1ccco1)C(=O)NC1CCNCC1. The van der Waals surface area contributed by atoms with Gasteiger partial charge in [-0.2, -0.15) is 0 Å². The predicted octanol–water partition coefficient (Wildman–Crippen LogP) is 0.902. The van der Waals surface area contributed by atoms with Crippen molar-refractivity contribution in [2.75, 3.05) is 13.1 Å². The first-order chi connectivity index (χ1) is 10.1. The molecular weight excluding hydrogens is 270 g/mol. The van der Waals surface area contributed by atoms with Crippen LogP contribution in [0, 0.1) is 5.92 Å².